The molecule has 0 aliphatic rings. The van der Waals surface area contributed by atoms with Crippen LogP contribution in [0.25, 0.3) is 24.3 Å². The first-order chi connectivity index (χ1) is 19.7. The summed E-state index contributed by atoms with van der Waals surface area (Å²) in [6.45, 7) is 23.8. The molecule has 0 radical (unpaired) electrons. The fraction of sp³-hybridized carbons (Fsp3) is 0.171. The van der Waals surface area contributed by atoms with Gasteiger partial charge in [0.1, 0.15) is 0 Å². The summed E-state index contributed by atoms with van der Waals surface area (Å²) in [5.74, 6) is -0.0885. The average molecular weight is 578 g/mol. The first-order valence-corrected chi connectivity index (χ1v) is 15.1. The van der Waals surface area contributed by atoms with Gasteiger partial charge in [-0.2, -0.15) is 0 Å². The highest BCUT2D eigenvalue weighted by molar-refractivity contribution is 7.13. The minimum absolute atomic E-state index is 0.0226. The number of carbonyl (C=O) groups is 1. The van der Waals surface area contributed by atoms with E-state index in [1.165, 1.54) is 4.88 Å². The third kappa shape index (κ3) is 5.09. The smallest absolute Gasteiger partial charge is 0.161 e. The summed E-state index contributed by atoms with van der Waals surface area (Å²) in [7, 11) is 0. The summed E-state index contributed by atoms with van der Waals surface area (Å²) in [5.41, 5.74) is 10.1. The van der Waals surface area contributed by atoms with Gasteiger partial charge in [0.25, 0.3) is 0 Å². The zero-order chi connectivity index (χ0) is 29.4. The van der Waals surface area contributed by atoms with Gasteiger partial charge in [-0.05, 0) is 80.8 Å². The Morgan fingerprint density at radius 2 is 1.24 bits per heavy atom. The molecule has 0 amide bonds. The van der Waals surface area contributed by atoms with Crippen molar-refractivity contribution in [3.8, 4) is 0 Å². The van der Waals surface area contributed by atoms with Gasteiger partial charge in [-0.25, -0.2) is 0 Å². The maximum absolute atomic E-state index is 12.6. The Balaban J connectivity index is 1.70. The number of hydrogen-bond donors (Lipinski definition) is 3. The van der Waals surface area contributed by atoms with E-state index in [-0.39, 0.29) is 17.6 Å². The first kappa shape index (κ1) is 28.4. The minimum atomic E-state index is -0.130. The zero-order valence-electron chi connectivity index (χ0n) is 24.0. The Hall–Kier alpha value is -4.13. The van der Waals surface area contributed by atoms with Crippen LogP contribution in [-0.4, -0.2) is 20.7 Å². The second-order valence-corrected chi connectivity index (χ2v) is 12.5. The molecule has 5 rings (SSSR count). The summed E-state index contributed by atoms with van der Waals surface area (Å²) in [5, 5.41) is 0. The number of thiophene rings is 2. The number of aryl methyl sites for hydroxylation is 2. The van der Waals surface area contributed by atoms with Crippen LogP contribution in [0.15, 0.2) is 62.7 Å². The fourth-order valence-corrected chi connectivity index (χ4v) is 8.08. The van der Waals surface area contributed by atoms with Crippen molar-refractivity contribution in [2.24, 2.45) is 0 Å². The van der Waals surface area contributed by atoms with Crippen LogP contribution < -0.4 is 0 Å². The van der Waals surface area contributed by atoms with Gasteiger partial charge >= 0.3 is 0 Å². The van der Waals surface area contributed by atoms with E-state index in [1.807, 2.05) is 38.2 Å². The molecule has 0 aliphatic heterocycles. The predicted molar refractivity (Wildman–Crippen MR) is 177 cm³/mol. The molecular weight excluding hydrogens is 543 g/mol. The molecular formula is C35H35N3OS2. The lowest BCUT2D eigenvalue weighted by atomic mass is 9.94. The molecule has 41 heavy (non-hydrogen) atoms. The third-order valence-electron chi connectivity index (χ3n) is 7.64. The van der Waals surface area contributed by atoms with Crippen LogP contribution in [0.4, 0.5) is 0 Å². The number of hydrogen-bond acceptors (Lipinski definition) is 3. The van der Waals surface area contributed by atoms with Gasteiger partial charge in [0.15, 0.2) is 5.78 Å². The summed E-state index contributed by atoms with van der Waals surface area (Å²) in [6.07, 6.45) is 7.53. The number of nitrogens with one attached hydrogen (secondary N) is 3. The Morgan fingerprint density at radius 1 is 0.732 bits per heavy atom. The van der Waals surface area contributed by atoms with Gasteiger partial charge in [0.05, 0.1) is 11.8 Å². The van der Waals surface area contributed by atoms with E-state index in [0.29, 0.717) is 0 Å². The molecule has 208 valence electrons. The van der Waals surface area contributed by atoms with Gasteiger partial charge in [-0.15, -0.1) is 22.7 Å². The van der Waals surface area contributed by atoms with Crippen molar-refractivity contribution in [2.75, 3.05) is 0 Å². The summed E-state index contributed by atoms with van der Waals surface area (Å²) >= 11 is 3.43. The highest BCUT2D eigenvalue weighted by Gasteiger charge is 2.29. The average Bonchev–Trinajstić information content (AvgIpc) is 3.77. The van der Waals surface area contributed by atoms with Gasteiger partial charge in [-0.3, -0.25) is 4.79 Å². The molecule has 0 spiro atoms. The van der Waals surface area contributed by atoms with Crippen LogP contribution in [0.1, 0.15) is 99.5 Å². The Bertz CT molecular complexity index is 1750. The molecule has 5 heterocycles. The lowest BCUT2D eigenvalue weighted by molar-refractivity contribution is 0.101. The molecule has 0 aliphatic carbocycles. The van der Waals surface area contributed by atoms with E-state index in [4.69, 9.17) is 0 Å². The van der Waals surface area contributed by atoms with Gasteiger partial charge in [0.2, 0.25) is 0 Å². The van der Waals surface area contributed by atoms with Gasteiger partial charge in [0, 0.05) is 59.2 Å². The molecule has 4 nitrogen and oxygen atoms in total. The van der Waals surface area contributed by atoms with Crippen molar-refractivity contribution in [2.45, 2.75) is 39.5 Å². The molecule has 0 bridgehead atoms. The number of H-pyrrole nitrogens is 3. The second kappa shape index (κ2) is 11.4. The quantitative estimate of drug-likeness (QED) is 0.134. The van der Waals surface area contributed by atoms with Crippen LogP contribution in [0.2, 0.25) is 0 Å². The van der Waals surface area contributed by atoms with E-state index < -0.39 is 0 Å². The number of aromatic amines is 3. The number of ketones is 1. The van der Waals surface area contributed by atoms with Crippen LogP contribution in [0, 0.1) is 20.8 Å². The van der Waals surface area contributed by atoms with Crippen molar-refractivity contribution < 1.29 is 4.79 Å². The number of rotatable bonds is 11. The molecule has 5 aromatic rings. The summed E-state index contributed by atoms with van der Waals surface area (Å²) in [6, 6.07) is 13.0. The van der Waals surface area contributed by atoms with E-state index in [9.17, 15) is 4.79 Å². The van der Waals surface area contributed by atoms with E-state index in [1.54, 1.807) is 29.6 Å². The third-order valence-corrected chi connectivity index (χ3v) is 10.1. The molecule has 6 heteroatoms. The SMILES string of the molecule is C=Cc1cc(C(c2ccc(C)[nH]2)c2ccc(C(c3cc(C=C)c(C=C)s3)c3[nH]c(C)c(C(C)=O)c3C)[nH]2)sc1C=C. The van der Waals surface area contributed by atoms with Crippen LogP contribution in [0.5, 0.6) is 0 Å². The Kier molecular flexibility index (Phi) is 7.89. The number of carbonyl (C=O) groups excluding carboxylic acids is 1. The Labute approximate surface area is 249 Å². The lowest BCUT2D eigenvalue weighted by Crippen LogP contribution is -2.07. The van der Waals surface area contributed by atoms with Gasteiger partial charge < -0.3 is 15.0 Å². The molecule has 5 aromatic heterocycles. The molecule has 0 saturated carbocycles. The fourth-order valence-electron chi connectivity index (χ4n) is 5.78. The topological polar surface area (TPSA) is 64.4 Å². The minimum Gasteiger partial charge on any atom is -0.362 e. The molecule has 0 fully saturated rings. The molecule has 2 unspecified atom stereocenters. The summed E-state index contributed by atoms with van der Waals surface area (Å²) in [4.78, 5) is 28.1. The molecule has 0 saturated heterocycles. The standard InChI is InChI=1S/C35H35N3OS2/c1-9-23-17-30(40-28(23)11-3)33(25-14-13-19(5)36-25)26-15-16-27(38-26)34(31-18-24(10-2)29(12-4)41-31)35-20(6)32(22(8)39)21(7)37-35/h9-18,33-34,36-38H,1-4H2,5-8H3. The van der Waals surface area contributed by atoms with E-state index in [0.717, 1.165) is 71.0 Å². The lowest BCUT2D eigenvalue weighted by Gasteiger charge is -2.17. The van der Waals surface area contributed by atoms with Crippen molar-refractivity contribution in [1.82, 2.24) is 15.0 Å². The molecule has 0 aromatic carbocycles. The molecule has 3 N–H and O–H groups in total. The van der Waals surface area contributed by atoms with E-state index in [2.05, 4.69) is 84.6 Å². The van der Waals surface area contributed by atoms with Crippen molar-refractivity contribution in [1.29, 1.82) is 0 Å². The predicted octanol–water partition coefficient (Wildman–Crippen LogP) is 9.85. The second-order valence-electron chi connectivity index (χ2n) is 10.3. The highest BCUT2D eigenvalue weighted by atomic mass is 32.1. The van der Waals surface area contributed by atoms with Gasteiger partial charge in [-0.1, -0.05) is 50.6 Å². The van der Waals surface area contributed by atoms with Crippen LogP contribution >= 0.6 is 22.7 Å². The van der Waals surface area contributed by atoms with E-state index >= 15 is 0 Å². The maximum atomic E-state index is 12.6. The zero-order valence-corrected chi connectivity index (χ0v) is 25.6. The van der Waals surface area contributed by atoms with Crippen LogP contribution in [0.3, 0.4) is 0 Å². The molecule has 2 atom stereocenters. The number of Topliss-reactive ketones (excluding diaryl/α,β-unsaturated/α-hetero) is 1. The largest absolute Gasteiger partial charge is 0.362 e. The highest BCUT2D eigenvalue weighted by Crippen LogP contribution is 2.43. The normalized spacial score (nSPS) is 12.7. The van der Waals surface area contributed by atoms with Crippen molar-refractivity contribution >= 4 is 52.8 Å². The Morgan fingerprint density at radius 3 is 1.68 bits per heavy atom. The summed E-state index contributed by atoms with van der Waals surface area (Å²) < 4.78 is 0. The maximum Gasteiger partial charge on any atom is 0.161 e. The monoisotopic (exact) mass is 577 g/mol. The van der Waals surface area contributed by atoms with Crippen LogP contribution in [-0.2, 0) is 0 Å². The first-order valence-electron chi connectivity index (χ1n) is 13.5. The number of aromatic nitrogens is 3. The van der Waals surface area contributed by atoms with Crippen molar-refractivity contribution in [3.63, 3.8) is 0 Å². The van der Waals surface area contributed by atoms with Crippen molar-refractivity contribution in [3.05, 3.63) is 139 Å².